The van der Waals surface area contributed by atoms with Crippen molar-refractivity contribution in [1.82, 2.24) is 4.57 Å². The highest BCUT2D eigenvalue weighted by Crippen LogP contribution is 2.12. The summed E-state index contributed by atoms with van der Waals surface area (Å²) in [7, 11) is 1.28. The highest BCUT2D eigenvalue weighted by atomic mass is 16.5. The van der Waals surface area contributed by atoms with E-state index in [-0.39, 0.29) is 12.0 Å². The van der Waals surface area contributed by atoms with Gasteiger partial charge in [-0.15, -0.1) is 0 Å². The first kappa shape index (κ1) is 11.3. The molecule has 1 rings (SSSR count). The average molecular weight is 211 g/mol. The number of methoxy groups -OCH3 is 1. The van der Waals surface area contributed by atoms with Gasteiger partial charge in [-0.3, -0.25) is 4.79 Å². The smallest absolute Gasteiger partial charge is 0.337 e. The van der Waals surface area contributed by atoms with E-state index in [4.69, 9.17) is 5.11 Å². The monoisotopic (exact) mass is 211 g/mol. The van der Waals surface area contributed by atoms with Crippen molar-refractivity contribution in [3.8, 4) is 0 Å². The first-order valence-corrected chi connectivity index (χ1v) is 4.57. The largest absolute Gasteiger partial charge is 0.478 e. The molecule has 5 nitrogen and oxygen atoms in total. The molecule has 0 saturated carbocycles. The van der Waals surface area contributed by atoms with Gasteiger partial charge in [0.1, 0.15) is 0 Å². The Kier molecular flexibility index (Phi) is 3.49. The summed E-state index contributed by atoms with van der Waals surface area (Å²) in [6.45, 7) is 2.56. The number of aromatic carboxylic acids is 1. The predicted octanol–water partition coefficient (Wildman–Crippen LogP) is 0.922. The summed E-state index contributed by atoms with van der Waals surface area (Å²) in [6.07, 6.45) is 3.16. The minimum absolute atomic E-state index is 0.00880. The van der Waals surface area contributed by atoms with Gasteiger partial charge in [-0.25, -0.2) is 4.79 Å². The summed E-state index contributed by atoms with van der Waals surface area (Å²) in [4.78, 5) is 21.9. The molecule has 0 fully saturated rings. The van der Waals surface area contributed by atoms with Gasteiger partial charge in [0.05, 0.1) is 19.1 Å². The molecular formula is C10H13NO4. The maximum absolute atomic E-state index is 11.0. The van der Waals surface area contributed by atoms with Crippen LogP contribution in [-0.2, 0) is 22.5 Å². The molecule has 0 aliphatic carbocycles. The molecule has 82 valence electrons. The topological polar surface area (TPSA) is 68.5 Å². The molecule has 0 spiro atoms. The highest BCUT2D eigenvalue weighted by molar-refractivity contribution is 5.90. The Labute approximate surface area is 87.3 Å². The van der Waals surface area contributed by atoms with Crippen LogP contribution >= 0.6 is 0 Å². The molecule has 0 radical (unpaired) electrons. The van der Waals surface area contributed by atoms with Crippen LogP contribution in [0.4, 0.5) is 0 Å². The van der Waals surface area contributed by atoms with E-state index in [0.29, 0.717) is 12.1 Å². The van der Waals surface area contributed by atoms with Crippen LogP contribution in [0, 0.1) is 0 Å². The molecule has 0 aliphatic heterocycles. The van der Waals surface area contributed by atoms with Crippen molar-refractivity contribution in [3.05, 3.63) is 23.5 Å². The number of nitrogens with zero attached hydrogens (tertiary/aromatic N) is 1. The number of rotatable bonds is 4. The number of hydrogen-bond acceptors (Lipinski definition) is 3. The van der Waals surface area contributed by atoms with Crippen molar-refractivity contribution in [3.63, 3.8) is 0 Å². The number of carboxylic acid groups (broad SMARTS) is 1. The Bertz CT molecular complexity index is 381. The number of carbonyl (C=O) groups is 2. The molecule has 1 aromatic heterocycles. The number of carbonyl (C=O) groups excluding carboxylic acids is 1. The first-order valence-electron chi connectivity index (χ1n) is 4.57. The van der Waals surface area contributed by atoms with E-state index in [1.54, 1.807) is 10.8 Å². The molecule has 1 aromatic rings. The number of aryl methyl sites for hydroxylation is 1. The minimum Gasteiger partial charge on any atom is -0.478 e. The fraction of sp³-hybridized carbons (Fsp3) is 0.400. The minimum atomic E-state index is -1.03. The summed E-state index contributed by atoms with van der Waals surface area (Å²) in [5.41, 5.74) is 0.637. The van der Waals surface area contributed by atoms with Crippen LogP contribution in [0.15, 0.2) is 12.4 Å². The average Bonchev–Trinajstić information content (AvgIpc) is 2.61. The highest BCUT2D eigenvalue weighted by Gasteiger charge is 2.15. The number of aromatic nitrogens is 1. The number of carboxylic acids is 1. The van der Waals surface area contributed by atoms with Crippen LogP contribution in [0.25, 0.3) is 0 Å². The van der Waals surface area contributed by atoms with Crippen molar-refractivity contribution < 1.29 is 19.4 Å². The molecule has 1 heterocycles. The Hall–Kier alpha value is -1.78. The number of ether oxygens (including phenoxy) is 1. The lowest BCUT2D eigenvalue weighted by Gasteiger charge is -1.98. The van der Waals surface area contributed by atoms with Gasteiger partial charge in [0.2, 0.25) is 0 Å². The summed E-state index contributed by atoms with van der Waals surface area (Å²) in [5.74, 6) is -1.47. The van der Waals surface area contributed by atoms with Gasteiger partial charge in [0, 0.05) is 18.9 Å². The van der Waals surface area contributed by atoms with Crippen LogP contribution in [0.2, 0.25) is 0 Å². The maximum atomic E-state index is 11.0. The van der Waals surface area contributed by atoms with Gasteiger partial charge in [-0.05, 0) is 12.5 Å². The standard InChI is InChI=1S/C10H13NO4/c1-3-11-5-7(4-9(12)15-2)8(6-11)10(13)14/h5-6H,3-4H2,1-2H3,(H,13,14). The Morgan fingerprint density at radius 3 is 2.60 bits per heavy atom. The summed E-state index contributed by atoms with van der Waals surface area (Å²) in [6, 6.07) is 0. The summed E-state index contributed by atoms with van der Waals surface area (Å²) in [5, 5.41) is 8.89. The van der Waals surface area contributed by atoms with Gasteiger partial charge >= 0.3 is 11.9 Å². The van der Waals surface area contributed by atoms with E-state index in [0.717, 1.165) is 0 Å². The fourth-order valence-electron chi connectivity index (χ4n) is 1.30. The zero-order valence-corrected chi connectivity index (χ0v) is 8.69. The van der Waals surface area contributed by atoms with Crippen LogP contribution in [-0.4, -0.2) is 28.7 Å². The lowest BCUT2D eigenvalue weighted by Crippen LogP contribution is -2.07. The fourth-order valence-corrected chi connectivity index (χ4v) is 1.30. The predicted molar refractivity (Wildman–Crippen MR) is 52.8 cm³/mol. The molecule has 0 atom stereocenters. The third-order valence-corrected chi connectivity index (χ3v) is 2.12. The molecule has 0 unspecified atom stereocenters. The van der Waals surface area contributed by atoms with E-state index in [1.165, 1.54) is 13.3 Å². The second kappa shape index (κ2) is 4.63. The number of hydrogen-bond donors (Lipinski definition) is 1. The summed E-state index contributed by atoms with van der Waals surface area (Å²) < 4.78 is 6.21. The van der Waals surface area contributed by atoms with Gasteiger partial charge in [-0.2, -0.15) is 0 Å². The molecule has 0 saturated heterocycles. The zero-order chi connectivity index (χ0) is 11.4. The molecular weight excluding hydrogens is 198 g/mol. The Morgan fingerprint density at radius 1 is 1.47 bits per heavy atom. The van der Waals surface area contributed by atoms with Crippen LogP contribution in [0.1, 0.15) is 22.8 Å². The van der Waals surface area contributed by atoms with E-state index >= 15 is 0 Å². The molecule has 0 aliphatic rings. The van der Waals surface area contributed by atoms with E-state index in [1.807, 2.05) is 6.92 Å². The Morgan fingerprint density at radius 2 is 2.13 bits per heavy atom. The van der Waals surface area contributed by atoms with Crippen molar-refractivity contribution in [2.45, 2.75) is 19.9 Å². The number of esters is 1. The van der Waals surface area contributed by atoms with E-state index in [9.17, 15) is 9.59 Å². The molecule has 1 N–H and O–H groups in total. The van der Waals surface area contributed by atoms with Crippen LogP contribution < -0.4 is 0 Å². The quantitative estimate of drug-likeness (QED) is 0.752. The first-order chi connectivity index (χ1) is 7.08. The van der Waals surface area contributed by atoms with E-state index in [2.05, 4.69) is 4.74 Å². The zero-order valence-electron chi connectivity index (χ0n) is 8.69. The lowest BCUT2D eigenvalue weighted by atomic mass is 10.1. The third kappa shape index (κ3) is 2.59. The third-order valence-electron chi connectivity index (χ3n) is 2.12. The summed E-state index contributed by atoms with van der Waals surface area (Å²) >= 11 is 0. The molecule has 15 heavy (non-hydrogen) atoms. The molecule has 0 amide bonds. The van der Waals surface area contributed by atoms with Gasteiger partial charge in [0.25, 0.3) is 0 Å². The normalized spacial score (nSPS) is 10.0. The molecule has 5 heteroatoms. The SMILES string of the molecule is CCn1cc(CC(=O)OC)c(C(=O)O)c1. The van der Waals surface area contributed by atoms with Crippen LogP contribution in [0.3, 0.4) is 0 Å². The van der Waals surface area contributed by atoms with Gasteiger partial charge in [-0.1, -0.05) is 0 Å². The lowest BCUT2D eigenvalue weighted by molar-refractivity contribution is -0.139. The van der Waals surface area contributed by atoms with Crippen molar-refractivity contribution in [1.29, 1.82) is 0 Å². The van der Waals surface area contributed by atoms with Crippen LogP contribution in [0.5, 0.6) is 0 Å². The molecule has 0 bridgehead atoms. The molecule has 0 aromatic carbocycles. The Balaban J connectivity index is 2.98. The van der Waals surface area contributed by atoms with Crippen molar-refractivity contribution >= 4 is 11.9 Å². The van der Waals surface area contributed by atoms with Gasteiger partial charge in [0.15, 0.2) is 0 Å². The van der Waals surface area contributed by atoms with Crippen molar-refractivity contribution in [2.24, 2.45) is 0 Å². The maximum Gasteiger partial charge on any atom is 0.337 e. The van der Waals surface area contributed by atoms with E-state index < -0.39 is 11.9 Å². The second-order valence-corrected chi connectivity index (χ2v) is 3.09. The second-order valence-electron chi connectivity index (χ2n) is 3.09. The van der Waals surface area contributed by atoms with Crippen molar-refractivity contribution in [2.75, 3.05) is 7.11 Å². The van der Waals surface area contributed by atoms with Gasteiger partial charge < -0.3 is 14.4 Å².